The normalized spacial score (nSPS) is 11.2. The van der Waals surface area contributed by atoms with Gasteiger partial charge < -0.3 is 9.88 Å². The van der Waals surface area contributed by atoms with E-state index in [9.17, 15) is 0 Å². The van der Waals surface area contributed by atoms with E-state index in [0.29, 0.717) is 25.6 Å². The number of hydrogen-bond acceptors (Lipinski definition) is 3. The highest BCUT2D eigenvalue weighted by Gasteiger charge is 2.20. The molecule has 8 heteroatoms. The minimum Gasteiger partial charge on any atom is -0.353 e. The molecule has 0 saturated carbocycles. The van der Waals surface area contributed by atoms with Gasteiger partial charge in [0.1, 0.15) is 0 Å². The lowest BCUT2D eigenvalue weighted by Gasteiger charge is -2.21. The second kappa shape index (κ2) is 8.52. The van der Waals surface area contributed by atoms with Crippen LogP contribution in [0.25, 0.3) is 28.1 Å². The molecule has 2 aliphatic rings. The Hall–Kier alpha value is -2.38. The molecule has 32 heavy (non-hydrogen) atoms. The van der Waals surface area contributed by atoms with Gasteiger partial charge in [0.2, 0.25) is 0 Å². The highest BCUT2D eigenvalue weighted by Crippen LogP contribution is 2.36. The molecule has 0 unspecified atom stereocenters. The molecule has 2 N–H and O–H groups in total. The molecule has 0 saturated heterocycles. The second-order valence-electron chi connectivity index (χ2n) is 7.14. The number of halogens is 4. The molecule has 0 fully saturated rings. The summed E-state index contributed by atoms with van der Waals surface area (Å²) in [5.41, 5.74) is 5.69. The number of para-hydroxylation sites is 2. The third-order valence-corrected chi connectivity index (χ3v) is 7.01. The van der Waals surface area contributed by atoms with Crippen LogP contribution in [0.15, 0.2) is 81.7 Å². The van der Waals surface area contributed by atoms with Gasteiger partial charge in [-0.1, -0.05) is 35.3 Å². The SMILES string of the molecule is N=c1c(Nc2ccc(Cl)cc2Br)cc2nc3ccccc3n(-c3ccc(Cl)cc3)c-2c1Br. The van der Waals surface area contributed by atoms with Crippen molar-refractivity contribution < 1.29 is 0 Å². The lowest BCUT2D eigenvalue weighted by Crippen LogP contribution is -2.16. The van der Waals surface area contributed by atoms with Crippen LogP contribution < -0.4 is 10.7 Å². The predicted octanol–water partition coefficient (Wildman–Crippen LogP) is 8.19. The zero-order valence-corrected chi connectivity index (χ0v) is 21.0. The van der Waals surface area contributed by atoms with E-state index < -0.39 is 0 Å². The first-order valence-corrected chi connectivity index (χ1v) is 11.9. The minimum absolute atomic E-state index is 0.319. The van der Waals surface area contributed by atoms with Crippen LogP contribution >= 0.6 is 55.1 Å². The Bertz CT molecular complexity index is 1510. The number of fused-ring (bicyclic) bond motifs is 2. The summed E-state index contributed by atoms with van der Waals surface area (Å²) in [5.74, 6) is 0. The number of benzene rings is 4. The molecule has 0 radical (unpaired) electrons. The topological polar surface area (TPSA) is 53.7 Å². The average molecular weight is 589 g/mol. The molecule has 5 rings (SSSR count). The summed E-state index contributed by atoms with van der Waals surface area (Å²) in [7, 11) is 0. The number of anilines is 2. The van der Waals surface area contributed by atoms with E-state index in [1.807, 2.05) is 66.7 Å². The number of hydrogen-bond donors (Lipinski definition) is 2. The van der Waals surface area contributed by atoms with Crippen LogP contribution in [0, 0.1) is 5.41 Å². The van der Waals surface area contributed by atoms with Crippen LogP contribution in [-0.2, 0) is 0 Å². The van der Waals surface area contributed by atoms with Gasteiger partial charge in [-0.05, 0) is 92.5 Å². The Labute approximate surface area is 210 Å². The van der Waals surface area contributed by atoms with E-state index in [1.165, 1.54) is 0 Å². The van der Waals surface area contributed by atoms with Crippen LogP contribution in [0.3, 0.4) is 0 Å². The van der Waals surface area contributed by atoms with Crippen LogP contribution in [-0.4, -0.2) is 9.55 Å². The minimum atomic E-state index is 0.319. The maximum Gasteiger partial charge on any atom is 0.0939 e. The van der Waals surface area contributed by atoms with Crippen LogP contribution in [0.4, 0.5) is 11.4 Å². The third kappa shape index (κ3) is 3.82. The maximum atomic E-state index is 8.83. The van der Waals surface area contributed by atoms with Crippen molar-refractivity contribution in [3.63, 3.8) is 0 Å². The first-order valence-electron chi connectivity index (χ1n) is 9.59. The molecule has 0 aromatic heterocycles. The molecule has 1 aliphatic carbocycles. The zero-order valence-electron chi connectivity index (χ0n) is 16.3. The molecule has 158 valence electrons. The summed E-state index contributed by atoms with van der Waals surface area (Å²) in [4.78, 5) is 4.89. The molecule has 4 nitrogen and oxygen atoms in total. The fraction of sp³-hybridized carbons (Fsp3) is 0. The lowest BCUT2D eigenvalue weighted by atomic mass is 10.1. The fourth-order valence-electron chi connectivity index (χ4n) is 3.62. The van der Waals surface area contributed by atoms with E-state index in [0.717, 1.165) is 38.3 Å². The van der Waals surface area contributed by atoms with Crippen molar-refractivity contribution in [3.05, 3.63) is 97.1 Å². The van der Waals surface area contributed by atoms with Gasteiger partial charge in [-0.25, -0.2) is 4.98 Å². The van der Waals surface area contributed by atoms with E-state index >= 15 is 0 Å². The lowest BCUT2D eigenvalue weighted by molar-refractivity contribution is 1.06. The van der Waals surface area contributed by atoms with Gasteiger partial charge >= 0.3 is 0 Å². The van der Waals surface area contributed by atoms with E-state index in [2.05, 4.69) is 41.7 Å². The van der Waals surface area contributed by atoms with Gasteiger partial charge in [0.15, 0.2) is 0 Å². The summed E-state index contributed by atoms with van der Waals surface area (Å²) in [6.07, 6.45) is 0. The molecule has 1 aliphatic heterocycles. The van der Waals surface area contributed by atoms with Crippen molar-refractivity contribution in [2.45, 2.75) is 0 Å². The Morgan fingerprint density at radius 1 is 0.844 bits per heavy atom. The number of nitrogens with zero attached hydrogens (tertiary/aromatic N) is 2. The molecule has 0 spiro atoms. The maximum absolute atomic E-state index is 8.83. The predicted molar refractivity (Wildman–Crippen MR) is 139 cm³/mol. The summed E-state index contributed by atoms with van der Waals surface area (Å²) in [5, 5.41) is 13.8. The summed E-state index contributed by atoms with van der Waals surface area (Å²) >= 11 is 19.4. The quantitative estimate of drug-likeness (QED) is 0.209. The summed E-state index contributed by atoms with van der Waals surface area (Å²) < 4.78 is 3.54. The van der Waals surface area contributed by atoms with E-state index in [4.69, 9.17) is 33.6 Å². The van der Waals surface area contributed by atoms with Crippen molar-refractivity contribution in [1.29, 1.82) is 5.41 Å². The van der Waals surface area contributed by atoms with Crippen molar-refractivity contribution in [1.82, 2.24) is 9.55 Å². The molecule has 1 heterocycles. The average Bonchev–Trinajstić information content (AvgIpc) is 2.78. The summed E-state index contributed by atoms with van der Waals surface area (Å²) in [6.45, 7) is 0. The Balaban J connectivity index is 1.79. The van der Waals surface area contributed by atoms with Gasteiger partial charge in [-0.2, -0.15) is 0 Å². The van der Waals surface area contributed by atoms with Gasteiger partial charge in [0.25, 0.3) is 0 Å². The van der Waals surface area contributed by atoms with E-state index in [1.54, 1.807) is 6.07 Å². The van der Waals surface area contributed by atoms with Gasteiger partial charge in [0.05, 0.1) is 43.6 Å². The number of nitrogens with one attached hydrogen (secondary N) is 2. The summed E-state index contributed by atoms with van der Waals surface area (Å²) in [6, 6.07) is 22.9. The van der Waals surface area contributed by atoms with Gasteiger partial charge in [0, 0.05) is 20.2 Å². The molecule has 0 amide bonds. The standard InChI is InChI=1S/C24H14Br2Cl2N4/c25-16-11-14(28)7-10-17(16)30-19-12-20-24(22(26)23(19)29)32(15-8-5-13(27)6-9-15)21-4-2-1-3-18(21)31-20/h1-12,29-30H. The third-order valence-electron chi connectivity index (χ3n) is 5.09. The Kier molecular flexibility index (Phi) is 5.72. The highest BCUT2D eigenvalue weighted by atomic mass is 79.9. The molecule has 0 atom stereocenters. The van der Waals surface area contributed by atoms with Crippen molar-refractivity contribution in [2.24, 2.45) is 0 Å². The van der Waals surface area contributed by atoms with Crippen molar-refractivity contribution in [2.75, 3.05) is 5.32 Å². The van der Waals surface area contributed by atoms with Crippen LogP contribution in [0.1, 0.15) is 0 Å². The molecule has 3 aromatic carbocycles. The van der Waals surface area contributed by atoms with E-state index in [-0.39, 0.29) is 0 Å². The molecular formula is C24H14Br2Cl2N4. The zero-order chi connectivity index (χ0) is 22.4. The first-order chi connectivity index (χ1) is 15.4. The largest absolute Gasteiger partial charge is 0.353 e. The fourth-order valence-corrected chi connectivity index (χ4v) is 5.12. The van der Waals surface area contributed by atoms with Crippen LogP contribution in [0.5, 0.6) is 0 Å². The smallest absolute Gasteiger partial charge is 0.0939 e. The van der Waals surface area contributed by atoms with Crippen molar-refractivity contribution in [3.8, 4) is 17.1 Å². The van der Waals surface area contributed by atoms with Crippen molar-refractivity contribution >= 4 is 77.5 Å². The highest BCUT2D eigenvalue weighted by molar-refractivity contribution is 9.11. The Morgan fingerprint density at radius 2 is 1.56 bits per heavy atom. The monoisotopic (exact) mass is 586 g/mol. The van der Waals surface area contributed by atoms with Crippen LogP contribution in [0.2, 0.25) is 10.0 Å². The molecule has 3 aromatic rings. The first kappa shape index (κ1) is 21.5. The Morgan fingerprint density at radius 3 is 2.31 bits per heavy atom. The molecule has 0 bridgehead atoms. The molecular weight excluding hydrogens is 575 g/mol. The van der Waals surface area contributed by atoms with Gasteiger partial charge in [-0.3, -0.25) is 5.41 Å². The number of rotatable bonds is 3. The number of aromatic nitrogens is 2. The van der Waals surface area contributed by atoms with Gasteiger partial charge in [-0.15, -0.1) is 0 Å². The second-order valence-corrected chi connectivity index (χ2v) is 9.66.